The molecular formula is C18H18FN3O3. The van der Waals surface area contributed by atoms with Gasteiger partial charge in [0, 0.05) is 13.1 Å². The van der Waals surface area contributed by atoms with E-state index < -0.39 is 6.04 Å². The summed E-state index contributed by atoms with van der Waals surface area (Å²) in [6.07, 6.45) is 0. The van der Waals surface area contributed by atoms with Gasteiger partial charge in [-0.3, -0.25) is 4.79 Å². The SMILES string of the molecule is O=C1NC[C@H](C(=O)NCc2ccc(OCc3cccc(F)c3)cc2)N1. The molecule has 0 bridgehead atoms. The first kappa shape index (κ1) is 16.8. The predicted octanol–water partition coefficient (Wildman–Crippen LogP) is 1.70. The summed E-state index contributed by atoms with van der Waals surface area (Å²) in [5.74, 6) is 0.136. The number of benzene rings is 2. The van der Waals surface area contributed by atoms with Crippen LogP contribution in [0.5, 0.6) is 5.75 Å². The summed E-state index contributed by atoms with van der Waals surface area (Å²) < 4.78 is 18.7. The number of carbonyl (C=O) groups is 2. The van der Waals surface area contributed by atoms with Gasteiger partial charge in [-0.05, 0) is 35.4 Å². The van der Waals surface area contributed by atoms with Gasteiger partial charge in [-0.25, -0.2) is 9.18 Å². The van der Waals surface area contributed by atoms with E-state index in [1.165, 1.54) is 12.1 Å². The van der Waals surface area contributed by atoms with Crippen molar-refractivity contribution < 1.29 is 18.7 Å². The summed E-state index contributed by atoms with van der Waals surface area (Å²) in [6, 6.07) is 12.6. The zero-order valence-corrected chi connectivity index (χ0v) is 13.4. The molecule has 1 aliphatic rings. The maximum atomic E-state index is 13.1. The van der Waals surface area contributed by atoms with Crippen molar-refractivity contribution in [3.63, 3.8) is 0 Å². The Hall–Kier alpha value is -3.09. The molecule has 3 rings (SSSR count). The molecular weight excluding hydrogens is 325 g/mol. The molecule has 3 N–H and O–H groups in total. The van der Waals surface area contributed by atoms with Gasteiger partial charge in [0.2, 0.25) is 5.91 Å². The molecule has 0 unspecified atom stereocenters. The highest BCUT2D eigenvalue weighted by atomic mass is 19.1. The lowest BCUT2D eigenvalue weighted by Crippen LogP contribution is -2.42. The average molecular weight is 343 g/mol. The fourth-order valence-corrected chi connectivity index (χ4v) is 2.42. The predicted molar refractivity (Wildman–Crippen MR) is 89.3 cm³/mol. The Morgan fingerprint density at radius 1 is 1.20 bits per heavy atom. The first-order chi connectivity index (χ1) is 12.1. The second-order valence-electron chi connectivity index (χ2n) is 5.69. The molecule has 0 aromatic heterocycles. The Balaban J connectivity index is 1.47. The molecule has 25 heavy (non-hydrogen) atoms. The van der Waals surface area contributed by atoms with Gasteiger partial charge in [0.15, 0.2) is 0 Å². The number of halogens is 1. The standard InChI is InChI=1S/C18H18FN3O3/c19-14-3-1-2-13(8-14)11-25-15-6-4-12(5-7-15)9-20-17(23)16-10-21-18(24)22-16/h1-8,16H,9-11H2,(H,20,23)(H2,21,22,24)/t16-/m1/s1. The molecule has 130 valence electrons. The number of carbonyl (C=O) groups excluding carboxylic acids is 2. The molecule has 1 atom stereocenters. The van der Waals surface area contributed by atoms with Crippen LogP contribution in [0, 0.1) is 5.82 Å². The molecule has 1 heterocycles. The first-order valence-corrected chi connectivity index (χ1v) is 7.88. The van der Waals surface area contributed by atoms with Crippen molar-refractivity contribution in [1.82, 2.24) is 16.0 Å². The molecule has 0 radical (unpaired) electrons. The molecule has 1 fully saturated rings. The highest BCUT2D eigenvalue weighted by Gasteiger charge is 2.26. The molecule has 7 heteroatoms. The summed E-state index contributed by atoms with van der Waals surface area (Å²) in [5, 5.41) is 7.83. The van der Waals surface area contributed by atoms with Crippen LogP contribution in [-0.2, 0) is 17.9 Å². The highest BCUT2D eigenvalue weighted by Crippen LogP contribution is 2.14. The van der Waals surface area contributed by atoms with Crippen LogP contribution in [0.2, 0.25) is 0 Å². The fourth-order valence-electron chi connectivity index (χ4n) is 2.42. The van der Waals surface area contributed by atoms with Crippen LogP contribution in [0.1, 0.15) is 11.1 Å². The molecule has 0 saturated carbocycles. The Kier molecular flexibility index (Phi) is 5.13. The van der Waals surface area contributed by atoms with Crippen molar-refractivity contribution in [2.24, 2.45) is 0 Å². The van der Waals surface area contributed by atoms with E-state index >= 15 is 0 Å². The van der Waals surface area contributed by atoms with Gasteiger partial charge in [0.1, 0.15) is 24.2 Å². The number of hydrogen-bond acceptors (Lipinski definition) is 3. The monoisotopic (exact) mass is 343 g/mol. The second-order valence-corrected chi connectivity index (χ2v) is 5.69. The lowest BCUT2D eigenvalue weighted by atomic mass is 10.2. The topological polar surface area (TPSA) is 79.5 Å². The van der Waals surface area contributed by atoms with Gasteiger partial charge < -0.3 is 20.7 Å². The quantitative estimate of drug-likeness (QED) is 0.747. The lowest BCUT2D eigenvalue weighted by molar-refractivity contribution is -0.122. The molecule has 1 saturated heterocycles. The van der Waals surface area contributed by atoms with E-state index in [0.717, 1.165) is 11.1 Å². The van der Waals surface area contributed by atoms with Crippen LogP contribution in [0.3, 0.4) is 0 Å². The summed E-state index contributed by atoms with van der Waals surface area (Å²) in [4.78, 5) is 22.9. The Labute approximate surface area is 144 Å². The van der Waals surface area contributed by atoms with Gasteiger partial charge in [-0.2, -0.15) is 0 Å². The van der Waals surface area contributed by atoms with Crippen LogP contribution in [0.25, 0.3) is 0 Å². The lowest BCUT2D eigenvalue weighted by Gasteiger charge is -2.11. The van der Waals surface area contributed by atoms with E-state index in [-0.39, 0.29) is 30.9 Å². The average Bonchev–Trinajstić information content (AvgIpc) is 3.05. The maximum absolute atomic E-state index is 13.1. The van der Waals surface area contributed by atoms with Crippen molar-refractivity contribution >= 4 is 11.9 Å². The van der Waals surface area contributed by atoms with Gasteiger partial charge >= 0.3 is 6.03 Å². The third-order valence-corrected chi connectivity index (χ3v) is 3.77. The highest BCUT2D eigenvalue weighted by molar-refractivity contribution is 5.90. The number of rotatable bonds is 6. The van der Waals surface area contributed by atoms with Gasteiger partial charge in [0.05, 0.1) is 0 Å². The van der Waals surface area contributed by atoms with Crippen molar-refractivity contribution in [3.8, 4) is 5.75 Å². The van der Waals surface area contributed by atoms with E-state index in [1.54, 1.807) is 24.3 Å². The van der Waals surface area contributed by atoms with E-state index in [0.29, 0.717) is 12.3 Å². The van der Waals surface area contributed by atoms with E-state index in [1.807, 2.05) is 12.1 Å². The molecule has 0 aliphatic carbocycles. The number of hydrogen-bond donors (Lipinski definition) is 3. The molecule has 2 aromatic rings. The molecule has 6 nitrogen and oxygen atoms in total. The minimum atomic E-state index is -0.540. The van der Waals surface area contributed by atoms with Crippen LogP contribution in [0.4, 0.5) is 9.18 Å². The van der Waals surface area contributed by atoms with Gasteiger partial charge in [-0.15, -0.1) is 0 Å². The first-order valence-electron chi connectivity index (χ1n) is 7.88. The zero-order chi connectivity index (χ0) is 17.6. The minimum Gasteiger partial charge on any atom is -0.489 e. The summed E-state index contributed by atoms with van der Waals surface area (Å²) in [6.45, 7) is 0.926. The number of urea groups is 1. The molecule has 2 aromatic carbocycles. The normalized spacial score (nSPS) is 16.0. The van der Waals surface area contributed by atoms with Crippen LogP contribution < -0.4 is 20.7 Å². The molecule has 0 spiro atoms. The summed E-state index contributed by atoms with van der Waals surface area (Å²) >= 11 is 0. The van der Waals surface area contributed by atoms with Crippen LogP contribution in [0.15, 0.2) is 48.5 Å². The number of ether oxygens (including phenoxy) is 1. The van der Waals surface area contributed by atoms with Crippen molar-refractivity contribution in [2.45, 2.75) is 19.2 Å². The third kappa shape index (κ3) is 4.69. The Morgan fingerprint density at radius 3 is 2.68 bits per heavy atom. The van der Waals surface area contributed by atoms with E-state index in [2.05, 4.69) is 16.0 Å². The van der Waals surface area contributed by atoms with Crippen molar-refractivity contribution in [3.05, 3.63) is 65.5 Å². The van der Waals surface area contributed by atoms with Crippen LogP contribution in [-0.4, -0.2) is 24.5 Å². The second kappa shape index (κ2) is 7.65. The number of nitrogens with one attached hydrogen (secondary N) is 3. The molecule has 1 aliphatic heterocycles. The largest absolute Gasteiger partial charge is 0.489 e. The minimum absolute atomic E-state index is 0.232. The summed E-state index contributed by atoms with van der Waals surface area (Å²) in [5.41, 5.74) is 1.66. The maximum Gasteiger partial charge on any atom is 0.315 e. The Morgan fingerprint density at radius 2 is 2.00 bits per heavy atom. The van der Waals surface area contributed by atoms with Gasteiger partial charge in [0.25, 0.3) is 0 Å². The molecule has 3 amide bonds. The van der Waals surface area contributed by atoms with Gasteiger partial charge in [-0.1, -0.05) is 24.3 Å². The van der Waals surface area contributed by atoms with E-state index in [9.17, 15) is 14.0 Å². The van der Waals surface area contributed by atoms with Crippen molar-refractivity contribution in [2.75, 3.05) is 6.54 Å². The Bertz CT molecular complexity index is 764. The fraction of sp³-hybridized carbons (Fsp3) is 0.222. The van der Waals surface area contributed by atoms with Crippen LogP contribution >= 0.6 is 0 Å². The van der Waals surface area contributed by atoms with E-state index in [4.69, 9.17) is 4.74 Å². The smallest absolute Gasteiger partial charge is 0.315 e. The zero-order valence-electron chi connectivity index (χ0n) is 13.4. The van der Waals surface area contributed by atoms with Crippen molar-refractivity contribution in [1.29, 1.82) is 0 Å². The number of amides is 3. The third-order valence-electron chi connectivity index (χ3n) is 3.77. The summed E-state index contributed by atoms with van der Waals surface area (Å²) in [7, 11) is 0.